The molecule has 3 N–H and O–H groups in total. The molecular formula is C17H23ClN4O2. The van der Waals surface area contributed by atoms with Gasteiger partial charge in [-0.3, -0.25) is 4.79 Å². The molecule has 6 nitrogen and oxygen atoms in total. The minimum atomic E-state index is -0.355. The Balaban J connectivity index is 0.00000208. The summed E-state index contributed by atoms with van der Waals surface area (Å²) in [6.45, 7) is 1.83. The SMILES string of the molecule is CC(NC(=O)c1ccccc1N)c1nc(C2CCCCC2)no1.Cl. The first-order chi connectivity index (χ1) is 11.1. The van der Waals surface area contributed by atoms with Crippen molar-refractivity contribution >= 4 is 24.0 Å². The molecule has 3 rings (SSSR count). The average Bonchev–Trinajstić information content (AvgIpc) is 3.06. The minimum absolute atomic E-state index is 0. The Labute approximate surface area is 147 Å². The number of carbonyl (C=O) groups excluding carboxylic acids is 1. The predicted octanol–water partition coefficient (Wildman–Crippen LogP) is 3.61. The van der Waals surface area contributed by atoms with Gasteiger partial charge in [0.2, 0.25) is 5.89 Å². The summed E-state index contributed by atoms with van der Waals surface area (Å²) in [6, 6.07) is 6.62. The fraction of sp³-hybridized carbons (Fsp3) is 0.471. The van der Waals surface area contributed by atoms with Gasteiger partial charge >= 0.3 is 0 Å². The summed E-state index contributed by atoms with van der Waals surface area (Å²) in [5, 5.41) is 6.95. The van der Waals surface area contributed by atoms with Gasteiger partial charge in [0.05, 0.1) is 5.56 Å². The first kappa shape index (κ1) is 18.3. The third-order valence-electron chi connectivity index (χ3n) is 4.35. The molecule has 0 bridgehead atoms. The van der Waals surface area contributed by atoms with Gasteiger partial charge in [0, 0.05) is 11.6 Å². The molecule has 0 aliphatic heterocycles. The zero-order chi connectivity index (χ0) is 16.2. The minimum Gasteiger partial charge on any atom is -0.398 e. The van der Waals surface area contributed by atoms with E-state index < -0.39 is 0 Å². The normalized spacial score (nSPS) is 16.2. The Morgan fingerprint density at radius 1 is 1.29 bits per heavy atom. The molecule has 0 spiro atoms. The molecular weight excluding hydrogens is 328 g/mol. The molecule has 1 aliphatic rings. The highest BCUT2D eigenvalue weighted by atomic mass is 35.5. The molecule has 1 aromatic heterocycles. The summed E-state index contributed by atoms with van der Waals surface area (Å²) in [4.78, 5) is 16.8. The van der Waals surface area contributed by atoms with Crippen molar-refractivity contribution in [2.75, 3.05) is 5.73 Å². The number of amides is 1. The second kappa shape index (κ2) is 8.15. The molecule has 1 fully saturated rings. The first-order valence-corrected chi connectivity index (χ1v) is 8.14. The summed E-state index contributed by atoms with van der Waals surface area (Å²) in [5.41, 5.74) is 6.73. The smallest absolute Gasteiger partial charge is 0.254 e. The van der Waals surface area contributed by atoms with Crippen LogP contribution in [-0.2, 0) is 0 Å². The number of nitrogens with one attached hydrogen (secondary N) is 1. The Morgan fingerprint density at radius 3 is 2.71 bits per heavy atom. The second-order valence-corrected chi connectivity index (χ2v) is 6.11. The number of halogens is 1. The van der Waals surface area contributed by atoms with Crippen molar-refractivity contribution in [1.29, 1.82) is 0 Å². The Morgan fingerprint density at radius 2 is 2.00 bits per heavy atom. The van der Waals surface area contributed by atoms with Crippen molar-refractivity contribution < 1.29 is 9.32 Å². The Kier molecular flexibility index (Phi) is 6.20. The molecule has 1 atom stereocenters. The van der Waals surface area contributed by atoms with Gasteiger partial charge in [-0.1, -0.05) is 36.6 Å². The lowest BCUT2D eigenvalue weighted by Crippen LogP contribution is -2.27. The number of nitrogen functional groups attached to an aromatic ring is 1. The highest BCUT2D eigenvalue weighted by Gasteiger charge is 2.23. The van der Waals surface area contributed by atoms with Crippen LogP contribution in [0.15, 0.2) is 28.8 Å². The van der Waals surface area contributed by atoms with Crippen LogP contribution in [-0.4, -0.2) is 16.0 Å². The molecule has 0 saturated heterocycles. The predicted molar refractivity (Wildman–Crippen MR) is 94.1 cm³/mol. The van der Waals surface area contributed by atoms with Crippen LogP contribution in [0.25, 0.3) is 0 Å². The van der Waals surface area contributed by atoms with Crippen LogP contribution in [0.3, 0.4) is 0 Å². The number of rotatable bonds is 4. The van der Waals surface area contributed by atoms with Gasteiger partial charge in [-0.25, -0.2) is 0 Å². The number of carbonyl (C=O) groups is 1. The molecule has 2 aromatic rings. The Bertz CT molecular complexity index is 683. The molecule has 1 saturated carbocycles. The zero-order valence-corrected chi connectivity index (χ0v) is 14.5. The van der Waals surface area contributed by atoms with Gasteiger partial charge in [-0.15, -0.1) is 12.4 Å². The topological polar surface area (TPSA) is 94.0 Å². The lowest BCUT2D eigenvalue weighted by Gasteiger charge is -2.17. The summed E-state index contributed by atoms with van der Waals surface area (Å²) < 4.78 is 5.34. The number of anilines is 1. The highest BCUT2D eigenvalue weighted by molar-refractivity contribution is 5.99. The second-order valence-electron chi connectivity index (χ2n) is 6.11. The largest absolute Gasteiger partial charge is 0.398 e. The van der Waals surface area contributed by atoms with Gasteiger partial charge in [-0.2, -0.15) is 4.98 Å². The van der Waals surface area contributed by atoms with Crippen LogP contribution in [0, 0.1) is 0 Å². The fourth-order valence-electron chi connectivity index (χ4n) is 2.99. The van der Waals surface area contributed by atoms with E-state index in [-0.39, 0.29) is 24.4 Å². The standard InChI is InChI=1S/C17H22N4O2.ClH/c1-11(19-16(22)13-9-5-6-10-14(13)18)17-20-15(21-23-17)12-7-3-2-4-8-12;/h5-6,9-12H,2-4,7-8,18H2,1H3,(H,19,22);1H. The van der Waals surface area contributed by atoms with Crippen molar-refractivity contribution in [3.63, 3.8) is 0 Å². The van der Waals surface area contributed by atoms with E-state index >= 15 is 0 Å². The number of nitrogens with zero attached hydrogens (tertiary/aromatic N) is 2. The molecule has 0 radical (unpaired) electrons. The van der Waals surface area contributed by atoms with E-state index in [1.165, 1.54) is 19.3 Å². The van der Waals surface area contributed by atoms with E-state index in [0.29, 0.717) is 23.1 Å². The van der Waals surface area contributed by atoms with Gasteiger partial charge < -0.3 is 15.6 Å². The van der Waals surface area contributed by atoms with Gasteiger partial charge in [0.25, 0.3) is 5.91 Å². The molecule has 130 valence electrons. The van der Waals surface area contributed by atoms with E-state index in [9.17, 15) is 4.79 Å². The van der Waals surface area contributed by atoms with Crippen molar-refractivity contribution in [2.24, 2.45) is 0 Å². The maximum atomic E-state index is 12.3. The number of aromatic nitrogens is 2. The van der Waals surface area contributed by atoms with Crippen molar-refractivity contribution in [3.8, 4) is 0 Å². The molecule has 1 aliphatic carbocycles. The monoisotopic (exact) mass is 350 g/mol. The van der Waals surface area contributed by atoms with E-state index in [1.807, 2.05) is 6.92 Å². The summed E-state index contributed by atoms with van der Waals surface area (Å²) in [7, 11) is 0. The van der Waals surface area contributed by atoms with E-state index in [2.05, 4.69) is 15.5 Å². The Hall–Kier alpha value is -2.08. The average molecular weight is 351 g/mol. The van der Waals surface area contributed by atoms with Gasteiger partial charge in [0.1, 0.15) is 6.04 Å². The van der Waals surface area contributed by atoms with Crippen molar-refractivity contribution in [2.45, 2.75) is 51.0 Å². The van der Waals surface area contributed by atoms with Crippen molar-refractivity contribution in [3.05, 3.63) is 41.5 Å². The maximum absolute atomic E-state index is 12.3. The van der Waals surface area contributed by atoms with Crippen LogP contribution >= 0.6 is 12.4 Å². The molecule has 1 unspecified atom stereocenters. The van der Waals surface area contributed by atoms with Gasteiger partial charge in [0.15, 0.2) is 5.82 Å². The molecule has 1 aromatic carbocycles. The number of nitrogens with two attached hydrogens (primary N) is 1. The third kappa shape index (κ3) is 4.06. The van der Waals surface area contributed by atoms with Crippen LogP contribution in [0.1, 0.15) is 73.1 Å². The van der Waals surface area contributed by atoms with E-state index in [0.717, 1.165) is 18.7 Å². The van der Waals surface area contributed by atoms with Crippen LogP contribution in [0.4, 0.5) is 5.69 Å². The van der Waals surface area contributed by atoms with Crippen LogP contribution in [0.2, 0.25) is 0 Å². The number of hydrogen-bond acceptors (Lipinski definition) is 5. The van der Waals surface area contributed by atoms with Crippen molar-refractivity contribution in [1.82, 2.24) is 15.5 Å². The number of benzene rings is 1. The van der Waals surface area contributed by atoms with Crippen LogP contribution in [0.5, 0.6) is 0 Å². The van der Waals surface area contributed by atoms with Gasteiger partial charge in [-0.05, 0) is 31.9 Å². The maximum Gasteiger partial charge on any atom is 0.254 e. The lowest BCUT2D eigenvalue weighted by atomic mass is 9.89. The van der Waals surface area contributed by atoms with E-state index in [1.54, 1.807) is 24.3 Å². The molecule has 7 heteroatoms. The molecule has 24 heavy (non-hydrogen) atoms. The molecule has 1 heterocycles. The fourth-order valence-corrected chi connectivity index (χ4v) is 2.99. The third-order valence-corrected chi connectivity index (χ3v) is 4.35. The summed E-state index contributed by atoms with van der Waals surface area (Å²) >= 11 is 0. The zero-order valence-electron chi connectivity index (χ0n) is 13.7. The summed E-state index contributed by atoms with van der Waals surface area (Å²) in [6.07, 6.45) is 5.94. The molecule has 1 amide bonds. The summed E-state index contributed by atoms with van der Waals surface area (Å²) in [5.74, 6) is 1.34. The lowest BCUT2D eigenvalue weighted by molar-refractivity contribution is 0.0933. The first-order valence-electron chi connectivity index (χ1n) is 8.14. The quantitative estimate of drug-likeness (QED) is 0.821. The highest BCUT2D eigenvalue weighted by Crippen LogP contribution is 2.31. The van der Waals surface area contributed by atoms with Crippen LogP contribution < -0.4 is 11.1 Å². The van der Waals surface area contributed by atoms with E-state index in [4.69, 9.17) is 10.3 Å². The number of hydrogen-bond donors (Lipinski definition) is 2. The number of para-hydroxylation sites is 1.